The average Bonchev–Trinajstić information content (AvgIpc) is 3.37. The van der Waals surface area contributed by atoms with Crippen molar-refractivity contribution in [1.82, 2.24) is 14.4 Å². The van der Waals surface area contributed by atoms with Crippen molar-refractivity contribution < 1.29 is 12.9 Å². The van der Waals surface area contributed by atoms with Crippen LogP contribution in [0.25, 0.3) is 11.4 Å². The standard InChI is InChI=1S/C18H23N3O3S/c1-13-5-2-3-7-16(13)18-19-17(24-20-18)11-14-6-4-10-21(12-14)25(22,23)15-8-9-15/h2-3,5,7,14-15H,4,6,8-12H2,1H3. The Balaban J connectivity index is 1.45. The van der Waals surface area contributed by atoms with E-state index in [1.54, 1.807) is 4.31 Å². The number of nitrogens with zero attached hydrogens (tertiary/aromatic N) is 3. The smallest absolute Gasteiger partial charge is 0.227 e. The summed E-state index contributed by atoms with van der Waals surface area (Å²) in [6.07, 6.45) is 4.16. The first-order valence-corrected chi connectivity index (χ1v) is 10.4. The first-order chi connectivity index (χ1) is 12.0. The van der Waals surface area contributed by atoms with Crippen LogP contribution in [0.1, 0.15) is 37.1 Å². The Morgan fingerprint density at radius 1 is 1.24 bits per heavy atom. The molecule has 1 unspecified atom stereocenters. The van der Waals surface area contributed by atoms with Gasteiger partial charge in [-0.05, 0) is 44.1 Å². The van der Waals surface area contributed by atoms with Crippen LogP contribution < -0.4 is 0 Å². The number of aryl methyl sites for hydroxylation is 1. The zero-order chi connectivity index (χ0) is 17.4. The molecule has 0 N–H and O–H groups in total. The number of hydrogen-bond donors (Lipinski definition) is 0. The molecule has 0 bridgehead atoms. The zero-order valence-electron chi connectivity index (χ0n) is 14.4. The normalized spacial score (nSPS) is 22.2. The van der Waals surface area contributed by atoms with Gasteiger partial charge in [0.15, 0.2) is 0 Å². The van der Waals surface area contributed by atoms with Crippen LogP contribution in [0.15, 0.2) is 28.8 Å². The highest BCUT2D eigenvalue weighted by molar-refractivity contribution is 7.90. The van der Waals surface area contributed by atoms with Crippen LogP contribution in [0, 0.1) is 12.8 Å². The Labute approximate surface area is 148 Å². The van der Waals surface area contributed by atoms with Crippen molar-refractivity contribution in [1.29, 1.82) is 0 Å². The van der Waals surface area contributed by atoms with E-state index in [0.717, 1.165) is 36.8 Å². The summed E-state index contributed by atoms with van der Waals surface area (Å²) in [6, 6.07) is 7.94. The van der Waals surface area contributed by atoms with Crippen LogP contribution in [0.5, 0.6) is 0 Å². The van der Waals surface area contributed by atoms with Crippen LogP contribution in [0.3, 0.4) is 0 Å². The summed E-state index contributed by atoms with van der Waals surface area (Å²) in [4.78, 5) is 4.52. The van der Waals surface area contributed by atoms with Gasteiger partial charge in [0.2, 0.25) is 21.7 Å². The van der Waals surface area contributed by atoms with Gasteiger partial charge in [0.25, 0.3) is 0 Å². The molecule has 2 aliphatic rings. The van der Waals surface area contributed by atoms with Crippen LogP contribution in [0.2, 0.25) is 0 Å². The molecule has 6 nitrogen and oxygen atoms in total. The monoisotopic (exact) mass is 361 g/mol. The maximum absolute atomic E-state index is 12.4. The first-order valence-electron chi connectivity index (χ1n) is 8.91. The van der Waals surface area contributed by atoms with Crippen LogP contribution >= 0.6 is 0 Å². The minimum absolute atomic E-state index is 0.137. The molecule has 25 heavy (non-hydrogen) atoms. The van der Waals surface area contributed by atoms with E-state index >= 15 is 0 Å². The number of sulfonamides is 1. The SMILES string of the molecule is Cc1ccccc1-c1noc(CC2CCCN(S(=O)(=O)C3CC3)C2)n1. The van der Waals surface area contributed by atoms with E-state index in [0.29, 0.717) is 31.2 Å². The Morgan fingerprint density at radius 3 is 2.80 bits per heavy atom. The third-order valence-electron chi connectivity index (χ3n) is 5.10. The van der Waals surface area contributed by atoms with E-state index < -0.39 is 10.0 Å². The van der Waals surface area contributed by atoms with Gasteiger partial charge in [-0.3, -0.25) is 0 Å². The van der Waals surface area contributed by atoms with Crippen molar-refractivity contribution in [2.24, 2.45) is 5.92 Å². The molecule has 2 aromatic rings. The molecule has 0 amide bonds. The fourth-order valence-corrected chi connectivity index (χ4v) is 5.47. The van der Waals surface area contributed by atoms with E-state index in [-0.39, 0.29) is 11.2 Å². The first kappa shape index (κ1) is 16.7. The lowest BCUT2D eigenvalue weighted by atomic mass is 9.96. The van der Waals surface area contributed by atoms with Gasteiger partial charge in [-0.1, -0.05) is 29.4 Å². The molecule has 1 saturated heterocycles. The van der Waals surface area contributed by atoms with Gasteiger partial charge in [-0.25, -0.2) is 12.7 Å². The number of benzene rings is 1. The highest BCUT2D eigenvalue weighted by atomic mass is 32.2. The third kappa shape index (κ3) is 3.48. The maximum Gasteiger partial charge on any atom is 0.227 e. The van der Waals surface area contributed by atoms with Crippen molar-refractivity contribution >= 4 is 10.0 Å². The lowest BCUT2D eigenvalue weighted by Gasteiger charge is -2.31. The molecule has 1 aromatic heterocycles. The van der Waals surface area contributed by atoms with Crippen LogP contribution in [-0.2, 0) is 16.4 Å². The second kappa shape index (κ2) is 6.53. The second-order valence-electron chi connectivity index (χ2n) is 7.14. The van der Waals surface area contributed by atoms with Gasteiger partial charge in [0.05, 0.1) is 5.25 Å². The fraction of sp³-hybridized carbons (Fsp3) is 0.556. The molecule has 2 fully saturated rings. The Hall–Kier alpha value is -1.73. The Morgan fingerprint density at radius 2 is 2.04 bits per heavy atom. The fourth-order valence-electron chi connectivity index (χ4n) is 3.52. The predicted octanol–water partition coefficient (Wildman–Crippen LogP) is 2.79. The van der Waals surface area contributed by atoms with Crippen molar-refractivity contribution in [2.75, 3.05) is 13.1 Å². The molecule has 1 aliphatic carbocycles. The third-order valence-corrected chi connectivity index (χ3v) is 7.47. The molecular formula is C18H23N3O3S. The van der Waals surface area contributed by atoms with Gasteiger partial charge < -0.3 is 4.52 Å². The van der Waals surface area contributed by atoms with E-state index in [2.05, 4.69) is 10.1 Å². The van der Waals surface area contributed by atoms with Gasteiger partial charge in [-0.15, -0.1) is 0 Å². The van der Waals surface area contributed by atoms with Gasteiger partial charge in [0, 0.05) is 25.1 Å². The summed E-state index contributed by atoms with van der Waals surface area (Å²) in [5.41, 5.74) is 2.08. The highest BCUT2D eigenvalue weighted by Gasteiger charge is 2.41. The molecule has 2 heterocycles. The van der Waals surface area contributed by atoms with E-state index in [4.69, 9.17) is 4.52 Å². The molecule has 4 rings (SSSR count). The number of rotatable bonds is 5. The molecule has 1 saturated carbocycles. The molecule has 134 valence electrons. The van der Waals surface area contributed by atoms with E-state index in [1.165, 1.54) is 0 Å². The molecule has 1 aliphatic heterocycles. The summed E-state index contributed by atoms with van der Waals surface area (Å²) in [7, 11) is -3.09. The summed E-state index contributed by atoms with van der Waals surface area (Å²) in [5, 5.41) is 3.96. The minimum atomic E-state index is -3.09. The maximum atomic E-state index is 12.4. The highest BCUT2D eigenvalue weighted by Crippen LogP contribution is 2.33. The quantitative estimate of drug-likeness (QED) is 0.818. The second-order valence-corrected chi connectivity index (χ2v) is 9.35. The topological polar surface area (TPSA) is 76.3 Å². The zero-order valence-corrected chi connectivity index (χ0v) is 15.2. The van der Waals surface area contributed by atoms with Gasteiger partial charge in [-0.2, -0.15) is 4.98 Å². The van der Waals surface area contributed by atoms with Crippen LogP contribution in [-0.4, -0.2) is 41.2 Å². The average molecular weight is 361 g/mol. The van der Waals surface area contributed by atoms with E-state index in [9.17, 15) is 8.42 Å². The largest absolute Gasteiger partial charge is 0.339 e. The molecule has 1 aromatic carbocycles. The number of hydrogen-bond acceptors (Lipinski definition) is 5. The Kier molecular flexibility index (Phi) is 4.37. The summed E-state index contributed by atoms with van der Waals surface area (Å²) in [5.74, 6) is 1.44. The predicted molar refractivity (Wildman–Crippen MR) is 94.4 cm³/mol. The molecule has 0 radical (unpaired) electrons. The van der Waals surface area contributed by atoms with Gasteiger partial charge in [0.1, 0.15) is 0 Å². The number of piperidine rings is 1. The van der Waals surface area contributed by atoms with Crippen molar-refractivity contribution in [3.05, 3.63) is 35.7 Å². The molecular weight excluding hydrogens is 338 g/mol. The summed E-state index contributed by atoms with van der Waals surface area (Å²) in [6.45, 7) is 3.24. The lowest BCUT2D eigenvalue weighted by Crippen LogP contribution is -2.42. The summed E-state index contributed by atoms with van der Waals surface area (Å²) >= 11 is 0. The molecule has 7 heteroatoms. The summed E-state index contributed by atoms with van der Waals surface area (Å²) < 4.78 is 32.0. The van der Waals surface area contributed by atoms with Crippen molar-refractivity contribution in [3.63, 3.8) is 0 Å². The van der Waals surface area contributed by atoms with Crippen molar-refractivity contribution in [2.45, 2.75) is 44.3 Å². The van der Waals surface area contributed by atoms with Gasteiger partial charge >= 0.3 is 0 Å². The number of aromatic nitrogens is 2. The van der Waals surface area contributed by atoms with E-state index in [1.807, 2.05) is 31.2 Å². The molecule has 0 spiro atoms. The Bertz CT molecular complexity index is 858. The minimum Gasteiger partial charge on any atom is -0.339 e. The van der Waals surface area contributed by atoms with Crippen LogP contribution in [0.4, 0.5) is 0 Å². The van der Waals surface area contributed by atoms with Crippen molar-refractivity contribution in [3.8, 4) is 11.4 Å². The lowest BCUT2D eigenvalue weighted by molar-refractivity contribution is 0.246. The molecule has 1 atom stereocenters.